The van der Waals surface area contributed by atoms with Gasteiger partial charge >= 0.3 is 0 Å². The van der Waals surface area contributed by atoms with Gasteiger partial charge in [0.05, 0.1) is 31.3 Å². The van der Waals surface area contributed by atoms with Gasteiger partial charge in [-0.15, -0.1) is 0 Å². The summed E-state index contributed by atoms with van der Waals surface area (Å²) in [5, 5.41) is 4.78. The highest BCUT2D eigenvalue weighted by molar-refractivity contribution is 5.71. The molecular formula is C23H19FN2O2. The SMILES string of the molecule is COc1ccc(-c2cc(-c3ccc(OC)cc3)n(-c3ccc(F)cc3)n2)cc1. The smallest absolute Gasteiger partial charge is 0.123 e. The third-order valence-corrected chi connectivity index (χ3v) is 4.55. The molecule has 140 valence electrons. The lowest BCUT2D eigenvalue weighted by Gasteiger charge is -2.08. The van der Waals surface area contributed by atoms with Gasteiger partial charge in [0.2, 0.25) is 0 Å². The molecule has 0 N–H and O–H groups in total. The summed E-state index contributed by atoms with van der Waals surface area (Å²) in [5.74, 6) is 1.29. The normalized spacial score (nSPS) is 10.7. The zero-order chi connectivity index (χ0) is 19.5. The van der Waals surface area contributed by atoms with Crippen LogP contribution in [0.5, 0.6) is 11.5 Å². The minimum absolute atomic E-state index is 0.280. The fraction of sp³-hybridized carbons (Fsp3) is 0.0870. The first-order valence-electron chi connectivity index (χ1n) is 8.83. The Balaban J connectivity index is 1.83. The van der Waals surface area contributed by atoms with Crippen molar-refractivity contribution in [2.75, 3.05) is 14.2 Å². The fourth-order valence-electron chi connectivity index (χ4n) is 3.03. The van der Waals surface area contributed by atoms with E-state index >= 15 is 0 Å². The van der Waals surface area contributed by atoms with Gasteiger partial charge in [0, 0.05) is 11.1 Å². The summed E-state index contributed by atoms with van der Waals surface area (Å²) in [5.41, 5.74) is 4.46. The molecule has 28 heavy (non-hydrogen) atoms. The van der Waals surface area contributed by atoms with Crippen LogP contribution in [0.25, 0.3) is 28.2 Å². The van der Waals surface area contributed by atoms with Crippen LogP contribution in [0, 0.1) is 5.82 Å². The molecule has 0 spiro atoms. The molecule has 0 radical (unpaired) electrons. The van der Waals surface area contributed by atoms with E-state index in [1.165, 1.54) is 12.1 Å². The molecule has 4 rings (SSSR count). The minimum atomic E-state index is -0.280. The van der Waals surface area contributed by atoms with E-state index in [-0.39, 0.29) is 5.82 Å². The summed E-state index contributed by atoms with van der Waals surface area (Å²) in [6.07, 6.45) is 0. The van der Waals surface area contributed by atoms with Gasteiger partial charge in [0.1, 0.15) is 17.3 Å². The lowest BCUT2D eigenvalue weighted by atomic mass is 10.1. The number of halogens is 1. The molecule has 4 aromatic rings. The van der Waals surface area contributed by atoms with E-state index in [4.69, 9.17) is 14.6 Å². The van der Waals surface area contributed by atoms with Crippen LogP contribution in [0.4, 0.5) is 4.39 Å². The highest BCUT2D eigenvalue weighted by atomic mass is 19.1. The Hall–Kier alpha value is -3.60. The lowest BCUT2D eigenvalue weighted by molar-refractivity contribution is 0.414. The number of aromatic nitrogens is 2. The number of benzene rings is 3. The highest BCUT2D eigenvalue weighted by Gasteiger charge is 2.13. The summed E-state index contributed by atoms with van der Waals surface area (Å²) in [6, 6.07) is 23.8. The second kappa shape index (κ2) is 7.56. The standard InChI is InChI=1S/C23H19FN2O2/c1-27-20-11-3-16(4-12-20)22-15-23(17-5-13-21(28-2)14-6-17)26(25-22)19-9-7-18(24)8-10-19/h3-15H,1-2H3. The predicted molar refractivity (Wildman–Crippen MR) is 107 cm³/mol. The van der Waals surface area contributed by atoms with Crippen molar-refractivity contribution in [1.82, 2.24) is 9.78 Å². The summed E-state index contributed by atoms with van der Waals surface area (Å²) < 4.78 is 25.7. The van der Waals surface area contributed by atoms with E-state index < -0.39 is 0 Å². The molecule has 0 aliphatic carbocycles. The van der Waals surface area contributed by atoms with Crippen molar-refractivity contribution in [2.24, 2.45) is 0 Å². The van der Waals surface area contributed by atoms with Gasteiger partial charge in [-0.3, -0.25) is 0 Å². The molecule has 0 saturated heterocycles. The molecule has 0 bridgehead atoms. The predicted octanol–water partition coefficient (Wildman–Crippen LogP) is 5.36. The van der Waals surface area contributed by atoms with Crippen molar-refractivity contribution in [3.63, 3.8) is 0 Å². The van der Waals surface area contributed by atoms with Gasteiger partial charge in [-0.2, -0.15) is 5.10 Å². The molecule has 1 heterocycles. The van der Waals surface area contributed by atoms with Crippen LogP contribution in [-0.2, 0) is 0 Å². The Kier molecular flexibility index (Phi) is 4.81. The molecule has 0 atom stereocenters. The van der Waals surface area contributed by atoms with Crippen LogP contribution in [0.15, 0.2) is 78.9 Å². The van der Waals surface area contributed by atoms with E-state index in [1.807, 2.05) is 59.3 Å². The maximum Gasteiger partial charge on any atom is 0.123 e. The third-order valence-electron chi connectivity index (χ3n) is 4.55. The van der Waals surface area contributed by atoms with Crippen LogP contribution in [0.2, 0.25) is 0 Å². The van der Waals surface area contributed by atoms with E-state index in [1.54, 1.807) is 26.4 Å². The number of ether oxygens (including phenoxy) is 2. The zero-order valence-electron chi connectivity index (χ0n) is 15.6. The maximum atomic E-state index is 13.4. The summed E-state index contributed by atoms with van der Waals surface area (Å²) in [6.45, 7) is 0. The largest absolute Gasteiger partial charge is 0.497 e. The molecule has 0 unspecified atom stereocenters. The second-order valence-electron chi connectivity index (χ2n) is 6.26. The van der Waals surface area contributed by atoms with Gasteiger partial charge in [-0.1, -0.05) is 0 Å². The highest BCUT2D eigenvalue weighted by Crippen LogP contribution is 2.30. The Morgan fingerprint density at radius 1 is 0.714 bits per heavy atom. The zero-order valence-corrected chi connectivity index (χ0v) is 15.6. The summed E-state index contributed by atoms with van der Waals surface area (Å²) in [7, 11) is 3.28. The fourth-order valence-corrected chi connectivity index (χ4v) is 3.03. The first-order chi connectivity index (χ1) is 13.7. The number of hydrogen-bond acceptors (Lipinski definition) is 3. The van der Waals surface area contributed by atoms with Gasteiger partial charge < -0.3 is 9.47 Å². The van der Waals surface area contributed by atoms with Crippen molar-refractivity contribution >= 4 is 0 Å². The molecule has 0 aliphatic rings. The first kappa shape index (κ1) is 17.8. The van der Waals surface area contributed by atoms with Crippen molar-refractivity contribution < 1.29 is 13.9 Å². The monoisotopic (exact) mass is 374 g/mol. The molecule has 3 aromatic carbocycles. The van der Waals surface area contributed by atoms with Crippen LogP contribution in [0.3, 0.4) is 0 Å². The third kappa shape index (κ3) is 3.47. The number of methoxy groups -OCH3 is 2. The molecule has 1 aromatic heterocycles. The van der Waals surface area contributed by atoms with Gasteiger partial charge in [0.15, 0.2) is 0 Å². The van der Waals surface area contributed by atoms with Crippen molar-refractivity contribution in [3.8, 4) is 39.7 Å². The van der Waals surface area contributed by atoms with Crippen LogP contribution in [0.1, 0.15) is 0 Å². The Morgan fingerprint density at radius 3 is 1.79 bits per heavy atom. The summed E-state index contributed by atoms with van der Waals surface area (Å²) in [4.78, 5) is 0. The Morgan fingerprint density at radius 2 is 1.25 bits per heavy atom. The van der Waals surface area contributed by atoms with Crippen molar-refractivity contribution in [2.45, 2.75) is 0 Å². The van der Waals surface area contributed by atoms with E-state index in [2.05, 4.69) is 0 Å². The van der Waals surface area contributed by atoms with E-state index in [9.17, 15) is 4.39 Å². The maximum absolute atomic E-state index is 13.4. The quantitative estimate of drug-likeness (QED) is 0.472. The molecule has 4 nitrogen and oxygen atoms in total. The minimum Gasteiger partial charge on any atom is -0.497 e. The van der Waals surface area contributed by atoms with Crippen LogP contribution in [-0.4, -0.2) is 24.0 Å². The molecular weight excluding hydrogens is 355 g/mol. The average Bonchev–Trinajstić information content (AvgIpc) is 3.20. The van der Waals surface area contributed by atoms with E-state index in [0.29, 0.717) is 0 Å². The Bertz CT molecular complexity index is 1070. The number of nitrogens with zero attached hydrogens (tertiary/aromatic N) is 2. The van der Waals surface area contributed by atoms with Crippen LogP contribution < -0.4 is 9.47 Å². The topological polar surface area (TPSA) is 36.3 Å². The molecule has 0 amide bonds. The van der Waals surface area contributed by atoms with Crippen molar-refractivity contribution in [1.29, 1.82) is 0 Å². The van der Waals surface area contributed by atoms with Crippen LogP contribution >= 0.6 is 0 Å². The number of rotatable bonds is 5. The van der Waals surface area contributed by atoms with Crippen molar-refractivity contribution in [3.05, 3.63) is 84.7 Å². The van der Waals surface area contributed by atoms with Gasteiger partial charge in [0.25, 0.3) is 0 Å². The summed E-state index contributed by atoms with van der Waals surface area (Å²) >= 11 is 0. The lowest BCUT2D eigenvalue weighted by Crippen LogP contribution is -1.99. The first-order valence-corrected chi connectivity index (χ1v) is 8.83. The average molecular weight is 374 g/mol. The molecule has 0 aliphatic heterocycles. The number of hydrogen-bond donors (Lipinski definition) is 0. The molecule has 5 heteroatoms. The van der Waals surface area contributed by atoms with E-state index in [0.717, 1.165) is 39.7 Å². The molecule has 0 saturated carbocycles. The second-order valence-corrected chi connectivity index (χ2v) is 6.26. The van der Waals surface area contributed by atoms with Gasteiger partial charge in [-0.05, 0) is 78.9 Å². The Labute approximate surface area is 162 Å². The molecule has 0 fully saturated rings. The van der Waals surface area contributed by atoms with Gasteiger partial charge in [-0.25, -0.2) is 9.07 Å².